The molecule has 1 spiro atoms. The summed E-state index contributed by atoms with van der Waals surface area (Å²) in [5, 5.41) is 4.70. The molecular weight excluding hydrogens is 911 g/mol. The SMILES string of the molecule is c1ccc(-c2cccc(-c3nc(-c4ccccc4)nc(-n4c5ccc(-c6ccc7c(c6)c6ccccc6n7-c6ccccc6)cc5c5ccc6c(c54)-c4ccccc4C64c5ccccc5-c5ccccc54)n3)c2)cc1. The molecule has 75 heavy (non-hydrogen) atoms. The van der Waals surface area contributed by atoms with Crippen LogP contribution < -0.4 is 0 Å². The number of hydrogen-bond acceptors (Lipinski definition) is 3. The molecule has 3 heterocycles. The maximum absolute atomic E-state index is 5.56. The Kier molecular flexibility index (Phi) is 8.89. The van der Waals surface area contributed by atoms with Crippen molar-refractivity contribution in [3.05, 3.63) is 283 Å². The lowest BCUT2D eigenvalue weighted by atomic mass is 9.70. The number of benzene rings is 11. The largest absolute Gasteiger partial charge is 0.309 e. The van der Waals surface area contributed by atoms with Crippen LogP contribution in [0, 0.1) is 0 Å². The van der Waals surface area contributed by atoms with Gasteiger partial charge >= 0.3 is 0 Å². The average molecular weight is 954 g/mol. The molecule has 0 aliphatic heterocycles. The topological polar surface area (TPSA) is 48.5 Å². The molecule has 2 aliphatic carbocycles. The Morgan fingerprint density at radius 2 is 0.773 bits per heavy atom. The second-order valence-electron chi connectivity index (χ2n) is 19.9. The zero-order valence-electron chi connectivity index (χ0n) is 40.6. The van der Waals surface area contributed by atoms with Gasteiger partial charge in [-0.25, -0.2) is 4.98 Å². The Morgan fingerprint density at radius 3 is 1.47 bits per heavy atom. The van der Waals surface area contributed by atoms with Crippen LogP contribution in [0.1, 0.15) is 22.3 Å². The zero-order chi connectivity index (χ0) is 49.2. The van der Waals surface area contributed by atoms with E-state index in [2.05, 4.69) is 252 Å². The Bertz CT molecular complexity index is 4600. The van der Waals surface area contributed by atoms with E-state index in [9.17, 15) is 0 Å². The molecule has 0 bridgehead atoms. The summed E-state index contributed by atoms with van der Waals surface area (Å²) < 4.78 is 4.72. The standard InChI is InChI=1S/C70H43N5/c1-4-19-44(20-5-1)46-23-18-24-49(41-46)68-71-67(45-21-6-2-7-22-45)72-69(73-68)75-64-40-36-48(47-35-39-63-56(42-47)53-29-13-17-34-62(53)74(63)50-25-8-3-9-26-50)43-57(64)54-37-38-61-65(66(54)75)55-30-12-16-33-60(55)70(61)58-31-14-10-27-51(58)52-28-11-15-32-59(52)70/h1-43H. The predicted octanol–water partition coefficient (Wildman–Crippen LogP) is 17.1. The third-order valence-electron chi connectivity index (χ3n) is 16.0. The monoisotopic (exact) mass is 953 g/mol. The highest BCUT2D eigenvalue weighted by Gasteiger charge is 2.52. The van der Waals surface area contributed by atoms with E-state index in [0.717, 1.165) is 60.9 Å². The molecule has 14 aromatic rings. The van der Waals surface area contributed by atoms with Crippen LogP contribution >= 0.6 is 0 Å². The molecular formula is C70H43N5. The molecule has 0 fully saturated rings. The van der Waals surface area contributed by atoms with Crippen molar-refractivity contribution >= 4 is 43.6 Å². The van der Waals surface area contributed by atoms with E-state index in [1.165, 1.54) is 66.3 Å². The molecule has 0 saturated carbocycles. The number of aromatic nitrogens is 5. The second kappa shape index (κ2) is 16.0. The molecule has 2 aliphatic rings. The first-order chi connectivity index (χ1) is 37.2. The summed E-state index contributed by atoms with van der Waals surface area (Å²) in [4.78, 5) is 16.3. The van der Waals surface area contributed by atoms with Gasteiger partial charge in [0, 0.05) is 43.9 Å². The fraction of sp³-hybridized carbons (Fsp3) is 0.0143. The van der Waals surface area contributed by atoms with Crippen molar-refractivity contribution in [2.75, 3.05) is 0 Å². The van der Waals surface area contributed by atoms with Crippen molar-refractivity contribution in [2.45, 2.75) is 5.41 Å². The van der Waals surface area contributed by atoms with Gasteiger partial charge in [0.1, 0.15) is 0 Å². The summed E-state index contributed by atoms with van der Waals surface area (Å²) in [7, 11) is 0. The van der Waals surface area contributed by atoms with E-state index in [1.54, 1.807) is 0 Å². The number of para-hydroxylation sites is 2. The summed E-state index contributed by atoms with van der Waals surface area (Å²) in [6, 6.07) is 94.5. The van der Waals surface area contributed by atoms with Gasteiger partial charge in [0.05, 0.1) is 27.5 Å². The van der Waals surface area contributed by atoms with Gasteiger partial charge in [-0.2, -0.15) is 9.97 Å². The normalized spacial score (nSPS) is 12.9. The van der Waals surface area contributed by atoms with E-state index in [1.807, 2.05) is 18.2 Å². The number of hydrogen-bond donors (Lipinski definition) is 0. The molecule has 5 nitrogen and oxygen atoms in total. The Balaban J connectivity index is 0.995. The maximum Gasteiger partial charge on any atom is 0.238 e. The molecule has 16 rings (SSSR count). The van der Waals surface area contributed by atoms with Crippen LogP contribution in [-0.4, -0.2) is 24.1 Å². The Morgan fingerprint density at radius 1 is 0.280 bits per heavy atom. The molecule has 0 amide bonds. The van der Waals surface area contributed by atoms with Gasteiger partial charge in [-0.15, -0.1) is 0 Å². The van der Waals surface area contributed by atoms with Gasteiger partial charge < -0.3 is 4.57 Å². The summed E-state index contributed by atoms with van der Waals surface area (Å²) in [6.07, 6.45) is 0. The van der Waals surface area contributed by atoms with Gasteiger partial charge in [-0.05, 0) is 110 Å². The van der Waals surface area contributed by atoms with Crippen LogP contribution in [0.4, 0.5) is 0 Å². The smallest absolute Gasteiger partial charge is 0.238 e. The maximum atomic E-state index is 5.56. The average Bonchev–Trinajstić information content (AvgIpc) is 4.23. The summed E-state index contributed by atoms with van der Waals surface area (Å²) in [5.74, 6) is 1.78. The van der Waals surface area contributed by atoms with Crippen LogP contribution in [0.2, 0.25) is 0 Å². The molecule has 0 saturated heterocycles. The van der Waals surface area contributed by atoms with Crippen molar-refractivity contribution in [1.82, 2.24) is 24.1 Å². The highest BCUT2D eigenvalue weighted by Crippen LogP contribution is 2.64. The first kappa shape index (κ1) is 41.6. The first-order valence-electron chi connectivity index (χ1n) is 25.7. The van der Waals surface area contributed by atoms with Crippen LogP contribution in [0.5, 0.6) is 0 Å². The van der Waals surface area contributed by atoms with Crippen molar-refractivity contribution in [1.29, 1.82) is 0 Å². The lowest BCUT2D eigenvalue weighted by Gasteiger charge is -2.30. The molecule has 0 N–H and O–H groups in total. The van der Waals surface area contributed by atoms with E-state index < -0.39 is 5.41 Å². The highest BCUT2D eigenvalue weighted by molar-refractivity contribution is 6.18. The van der Waals surface area contributed by atoms with Gasteiger partial charge in [0.15, 0.2) is 11.6 Å². The van der Waals surface area contributed by atoms with Gasteiger partial charge in [0.25, 0.3) is 0 Å². The van der Waals surface area contributed by atoms with E-state index in [0.29, 0.717) is 17.6 Å². The lowest BCUT2D eigenvalue weighted by Crippen LogP contribution is -2.25. The van der Waals surface area contributed by atoms with E-state index in [-0.39, 0.29) is 0 Å². The quantitative estimate of drug-likeness (QED) is 0.167. The van der Waals surface area contributed by atoms with Crippen molar-refractivity contribution in [3.8, 4) is 78.9 Å². The van der Waals surface area contributed by atoms with Crippen LogP contribution in [-0.2, 0) is 5.41 Å². The predicted molar refractivity (Wildman–Crippen MR) is 307 cm³/mol. The van der Waals surface area contributed by atoms with Crippen LogP contribution in [0.25, 0.3) is 123 Å². The first-order valence-corrected chi connectivity index (χ1v) is 25.7. The Hall–Kier alpha value is -9.97. The van der Waals surface area contributed by atoms with Crippen molar-refractivity contribution < 1.29 is 0 Å². The fourth-order valence-corrected chi connectivity index (χ4v) is 12.9. The number of nitrogens with zero attached hydrogens (tertiary/aromatic N) is 5. The van der Waals surface area contributed by atoms with Gasteiger partial charge in [0.2, 0.25) is 5.95 Å². The second-order valence-corrected chi connectivity index (χ2v) is 19.9. The molecule has 3 aromatic heterocycles. The van der Waals surface area contributed by atoms with Gasteiger partial charge in [-0.3, -0.25) is 4.57 Å². The summed E-state index contributed by atoms with van der Waals surface area (Å²) in [5.41, 5.74) is 21.5. The molecule has 0 atom stereocenters. The minimum absolute atomic E-state index is 0.536. The molecule has 0 radical (unpaired) electrons. The molecule has 0 unspecified atom stereocenters. The Labute approximate surface area is 433 Å². The highest BCUT2D eigenvalue weighted by atomic mass is 15.2. The fourth-order valence-electron chi connectivity index (χ4n) is 12.9. The number of rotatable bonds is 6. The van der Waals surface area contributed by atoms with Gasteiger partial charge in [-0.1, -0.05) is 212 Å². The summed E-state index contributed by atoms with van der Waals surface area (Å²) >= 11 is 0. The minimum Gasteiger partial charge on any atom is -0.309 e. The summed E-state index contributed by atoms with van der Waals surface area (Å²) in [6.45, 7) is 0. The zero-order valence-corrected chi connectivity index (χ0v) is 40.6. The van der Waals surface area contributed by atoms with E-state index >= 15 is 0 Å². The minimum atomic E-state index is -0.536. The molecule has 348 valence electrons. The van der Waals surface area contributed by atoms with Crippen LogP contribution in [0.3, 0.4) is 0 Å². The van der Waals surface area contributed by atoms with Crippen LogP contribution in [0.15, 0.2) is 261 Å². The van der Waals surface area contributed by atoms with Crippen molar-refractivity contribution in [3.63, 3.8) is 0 Å². The third-order valence-corrected chi connectivity index (χ3v) is 16.0. The lowest BCUT2D eigenvalue weighted by molar-refractivity contribution is 0.794. The van der Waals surface area contributed by atoms with E-state index in [4.69, 9.17) is 15.0 Å². The number of fused-ring (bicyclic) bond motifs is 17. The van der Waals surface area contributed by atoms with Crippen molar-refractivity contribution in [2.24, 2.45) is 0 Å². The molecule has 5 heteroatoms. The third kappa shape index (κ3) is 5.98. The molecule has 11 aromatic carbocycles.